The predicted octanol–water partition coefficient (Wildman–Crippen LogP) is 1.17. The van der Waals surface area contributed by atoms with Gasteiger partial charge in [0, 0.05) is 12.6 Å². The SMILES string of the molecule is CC(CN1CCCCC1)NS(=O)(=O)CCC1CCNCC1. The third-order valence-corrected chi connectivity index (χ3v) is 6.15. The number of likely N-dealkylation sites (tertiary alicyclic amines) is 1. The van der Waals surface area contributed by atoms with E-state index in [1.807, 2.05) is 6.92 Å². The zero-order chi connectivity index (χ0) is 15.1. The van der Waals surface area contributed by atoms with Crippen molar-refractivity contribution in [3.8, 4) is 0 Å². The van der Waals surface area contributed by atoms with Crippen molar-refractivity contribution >= 4 is 10.0 Å². The summed E-state index contributed by atoms with van der Waals surface area (Å²) in [7, 11) is -3.13. The zero-order valence-corrected chi connectivity index (χ0v) is 14.1. The summed E-state index contributed by atoms with van der Waals surface area (Å²) in [6.07, 6.45) is 6.82. The van der Waals surface area contributed by atoms with Gasteiger partial charge in [-0.1, -0.05) is 6.42 Å². The quantitative estimate of drug-likeness (QED) is 0.740. The lowest BCUT2D eigenvalue weighted by atomic mass is 9.96. The second kappa shape index (κ2) is 8.46. The molecule has 2 aliphatic heterocycles. The van der Waals surface area contributed by atoms with Crippen LogP contribution in [0.5, 0.6) is 0 Å². The molecule has 21 heavy (non-hydrogen) atoms. The molecule has 2 aliphatic rings. The van der Waals surface area contributed by atoms with Gasteiger partial charge in [-0.15, -0.1) is 0 Å². The van der Waals surface area contributed by atoms with Crippen LogP contribution in [0, 0.1) is 5.92 Å². The van der Waals surface area contributed by atoms with E-state index in [-0.39, 0.29) is 11.8 Å². The van der Waals surface area contributed by atoms with E-state index in [1.165, 1.54) is 19.3 Å². The first-order valence-corrected chi connectivity index (χ1v) is 10.1. The van der Waals surface area contributed by atoms with Crippen molar-refractivity contribution in [2.75, 3.05) is 38.5 Å². The van der Waals surface area contributed by atoms with Crippen molar-refractivity contribution in [1.82, 2.24) is 14.9 Å². The second-order valence-electron chi connectivity index (χ2n) is 6.68. The van der Waals surface area contributed by atoms with Crippen LogP contribution in [0.2, 0.25) is 0 Å². The van der Waals surface area contributed by atoms with E-state index in [4.69, 9.17) is 0 Å². The molecule has 124 valence electrons. The molecule has 0 spiro atoms. The molecule has 1 atom stereocenters. The Morgan fingerprint density at radius 2 is 1.86 bits per heavy atom. The lowest BCUT2D eigenvalue weighted by Gasteiger charge is -2.29. The molecule has 2 saturated heterocycles. The number of nitrogens with zero attached hydrogens (tertiary/aromatic N) is 1. The number of sulfonamides is 1. The molecule has 6 heteroatoms. The first kappa shape index (κ1) is 17.2. The van der Waals surface area contributed by atoms with Crippen LogP contribution in [0.25, 0.3) is 0 Å². The Hall–Kier alpha value is -0.170. The molecule has 2 N–H and O–H groups in total. The number of rotatable bonds is 7. The molecule has 0 aromatic rings. The van der Waals surface area contributed by atoms with Crippen LogP contribution in [0.15, 0.2) is 0 Å². The summed E-state index contributed by atoms with van der Waals surface area (Å²) < 4.78 is 27.2. The summed E-state index contributed by atoms with van der Waals surface area (Å²) in [6, 6.07) is 0.0149. The van der Waals surface area contributed by atoms with E-state index in [0.29, 0.717) is 5.92 Å². The fourth-order valence-corrected chi connectivity index (χ4v) is 4.87. The van der Waals surface area contributed by atoms with Crippen molar-refractivity contribution in [2.45, 2.75) is 51.5 Å². The van der Waals surface area contributed by atoms with Gasteiger partial charge in [-0.3, -0.25) is 0 Å². The van der Waals surface area contributed by atoms with Crippen LogP contribution in [-0.4, -0.2) is 57.8 Å². The molecule has 0 saturated carbocycles. The predicted molar refractivity (Wildman–Crippen MR) is 86.9 cm³/mol. The Bertz CT molecular complexity index is 388. The fraction of sp³-hybridized carbons (Fsp3) is 1.00. The highest BCUT2D eigenvalue weighted by Crippen LogP contribution is 2.16. The standard InChI is InChI=1S/C15H31N3O2S/c1-14(13-18-10-3-2-4-11-18)17-21(19,20)12-7-15-5-8-16-9-6-15/h14-17H,2-13H2,1H3. The van der Waals surface area contributed by atoms with Gasteiger partial charge in [0.05, 0.1) is 5.75 Å². The first-order valence-electron chi connectivity index (χ1n) is 8.48. The fourth-order valence-electron chi connectivity index (χ4n) is 3.42. The minimum absolute atomic E-state index is 0.0149. The summed E-state index contributed by atoms with van der Waals surface area (Å²) in [6.45, 7) is 7.11. The highest BCUT2D eigenvalue weighted by atomic mass is 32.2. The lowest BCUT2D eigenvalue weighted by Crippen LogP contribution is -2.44. The molecular weight excluding hydrogens is 286 g/mol. The minimum atomic E-state index is -3.13. The van der Waals surface area contributed by atoms with Crippen LogP contribution in [0.3, 0.4) is 0 Å². The van der Waals surface area contributed by atoms with Gasteiger partial charge in [-0.05, 0) is 71.1 Å². The van der Waals surface area contributed by atoms with E-state index in [1.54, 1.807) is 0 Å². The molecule has 5 nitrogen and oxygen atoms in total. The van der Waals surface area contributed by atoms with E-state index < -0.39 is 10.0 Å². The second-order valence-corrected chi connectivity index (χ2v) is 8.55. The zero-order valence-electron chi connectivity index (χ0n) is 13.3. The largest absolute Gasteiger partial charge is 0.317 e. The monoisotopic (exact) mass is 317 g/mol. The minimum Gasteiger partial charge on any atom is -0.317 e. The summed E-state index contributed by atoms with van der Waals surface area (Å²) in [5.41, 5.74) is 0. The van der Waals surface area contributed by atoms with Crippen molar-refractivity contribution in [3.63, 3.8) is 0 Å². The summed E-state index contributed by atoms with van der Waals surface area (Å²) >= 11 is 0. The number of piperidine rings is 2. The average Bonchev–Trinajstić information content (AvgIpc) is 2.47. The normalized spacial score (nSPS) is 24.0. The Morgan fingerprint density at radius 1 is 1.19 bits per heavy atom. The third-order valence-electron chi connectivity index (χ3n) is 4.62. The first-order chi connectivity index (χ1) is 10.1. The van der Waals surface area contributed by atoms with Gasteiger partial charge < -0.3 is 10.2 Å². The maximum Gasteiger partial charge on any atom is 0.211 e. The van der Waals surface area contributed by atoms with Gasteiger partial charge >= 0.3 is 0 Å². The van der Waals surface area contributed by atoms with E-state index in [2.05, 4.69) is 14.9 Å². The third kappa shape index (κ3) is 6.63. The van der Waals surface area contributed by atoms with Gasteiger partial charge in [0.15, 0.2) is 0 Å². The Kier molecular flexibility index (Phi) is 6.92. The van der Waals surface area contributed by atoms with E-state index in [0.717, 1.165) is 52.0 Å². The van der Waals surface area contributed by atoms with Crippen LogP contribution in [0.4, 0.5) is 0 Å². The summed E-state index contributed by atoms with van der Waals surface area (Å²) in [4.78, 5) is 2.38. The number of hydrogen-bond acceptors (Lipinski definition) is 4. The Morgan fingerprint density at radius 3 is 2.52 bits per heavy atom. The van der Waals surface area contributed by atoms with Crippen molar-refractivity contribution in [1.29, 1.82) is 0 Å². The molecule has 0 aromatic heterocycles. The van der Waals surface area contributed by atoms with E-state index >= 15 is 0 Å². The van der Waals surface area contributed by atoms with Gasteiger partial charge in [0.25, 0.3) is 0 Å². The summed E-state index contributed by atoms with van der Waals surface area (Å²) in [5.74, 6) is 0.849. The van der Waals surface area contributed by atoms with Crippen molar-refractivity contribution < 1.29 is 8.42 Å². The van der Waals surface area contributed by atoms with Crippen LogP contribution in [-0.2, 0) is 10.0 Å². The van der Waals surface area contributed by atoms with Gasteiger partial charge in [-0.2, -0.15) is 0 Å². The molecule has 0 aromatic carbocycles. The Balaban J connectivity index is 1.68. The van der Waals surface area contributed by atoms with Crippen LogP contribution < -0.4 is 10.0 Å². The molecule has 0 radical (unpaired) electrons. The van der Waals surface area contributed by atoms with Gasteiger partial charge in [0.1, 0.15) is 0 Å². The van der Waals surface area contributed by atoms with Gasteiger partial charge in [0.2, 0.25) is 10.0 Å². The molecule has 2 rings (SSSR count). The van der Waals surface area contributed by atoms with Crippen molar-refractivity contribution in [3.05, 3.63) is 0 Å². The maximum absolute atomic E-state index is 12.2. The average molecular weight is 317 g/mol. The number of hydrogen-bond donors (Lipinski definition) is 2. The highest BCUT2D eigenvalue weighted by molar-refractivity contribution is 7.89. The summed E-state index contributed by atoms with van der Waals surface area (Å²) in [5, 5.41) is 3.32. The topological polar surface area (TPSA) is 61.4 Å². The molecule has 2 heterocycles. The molecule has 0 aliphatic carbocycles. The molecule has 2 fully saturated rings. The smallest absolute Gasteiger partial charge is 0.211 e. The molecule has 0 bridgehead atoms. The van der Waals surface area contributed by atoms with E-state index in [9.17, 15) is 8.42 Å². The van der Waals surface area contributed by atoms with Crippen molar-refractivity contribution in [2.24, 2.45) is 5.92 Å². The van der Waals surface area contributed by atoms with Crippen LogP contribution in [0.1, 0.15) is 45.4 Å². The lowest BCUT2D eigenvalue weighted by molar-refractivity contribution is 0.215. The molecular formula is C15H31N3O2S. The van der Waals surface area contributed by atoms with Gasteiger partial charge in [-0.25, -0.2) is 13.1 Å². The molecule has 1 unspecified atom stereocenters. The van der Waals surface area contributed by atoms with Crippen LogP contribution >= 0.6 is 0 Å². The Labute approximate surface area is 129 Å². The highest BCUT2D eigenvalue weighted by Gasteiger charge is 2.21. The maximum atomic E-state index is 12.2. The number of nitrogens with one attached hydrogen (secondary N) is 2. The molecule has 0 amide bonds.